The van der Waals surface area contributed by atoms with E-state index in [1.54, 1.807) is 12.1 Å². The van der Waals surface area contributed by atoms with Crippen LogP contribution in [0.1, 0.15) is 24.4 Å². The number of amides is 1. The predicted octanol–water partition coefficient (Wildman–Crippen LogP) is 1.33. The van der Waals surface area contributed by atoms with Gasteiger partial charge in [0.05, 0.1) is 31.8 Å². The summed E-state index contributed by atoms with van der Waals surface area (Å²) in [6, 6.07) is 6.63. The average molecular weight is 391 g/mol. The summed E-state index contributed by atoms with van der Waals surface area (Å²) in [7, 11) is 0. The summed E-state index contributed by atoms with van der Waals surface area (Å²) >= 11 is 0. The van der Waals surface area contributed by atoms with Crippen molar-refractivity contribution in [2.24, 2.45) is 11.3 Å². The Balaban J connectivity index is 1.46. The van der Waals surface area contributed by atoms with Gasteiger partial charge in [0.15, 0.2) is 0 Å². The first-order valence-corrected chi connectivity index (χ1v) is 10.3. The third-order valence-electron chi connectivity index (χ3n) is 6.53. The number of halogens is 1. The van der Waals surface area contributed by atoms with E-state index in [2.05, 4.69) is 15.5 Å². The van der Waals surface area contributed by atoms with Gasteiger partial charge in [-0.2, -0.15) is 0 Å². The summed E-state index contributed by atoms with van der Waals surface area (Å²) in [5.41, 5.74) is 0.853. The van der Waals surface area contributed by atoms with E-state index in [0.29, 0.717) is 32.9 Å². The van der Waals surface area contributed by atoms with E-state index in [-0.39, 0.29) is 29.1 Å². The monoisotopic (exact) mass is 391 g/mol. The standard InChI is InChI=1S/C21H30FN3O3/c22-17-3-1-2-16(12-17)19(25-7-10-27-11-8-25)14-24-20(26)18-13-23-6-4-21(18)5-9-28-15-21/h1-3,12,18-19,23H,4-11,13-15H2,(H,24,26). The molecule has 1 aromatic carbocycles. The second-order valence-corrected chi connectivity index (χ2v) is 8.14. The quantitative estimate of drug-likeness (QED) is 0.793. The van der Waals surface area contributed by atoms with Crippen molar-refractivity contribution in [1.29, 1.82) is 0 Å². The number of carbonyl (C=O) groups is 1. The summed E-state index contributed by atoms with van der Waals surface area (Å²) in [6.07, 6.45) is 1.92. The Hall–Kier alpha value is -1.54. The lowest BCUT2D eigenvalue weighted by Gasteiger charge is -2.40. The molecular weight excluding hydrogens is 361 g/mol. The number of hydrogen-bond donors (Lipinski definition) is 2. The Labute approximate surface area is 165 Å². The fourth-order valence-corrected chi connectivity index (χ4v) is 4.82. The highest BCUT2D eigenvalue weighted by atomic mass is 19.1. The van der Waals surface area contributed by atoms with Crippen LogP contribution < -0.4 is 10.6 Å². The largest absolute Gasteiger partial charge is 0.381 e. The van der Waals surface area contributed by atoms with Gasteiger partial charge < -0.3 is 20.1 Å². The van der Waals surface area contributed by atoms with Gasteiger partial charge in [0, 0.05) is 38.2 Å². The van der Waals surface area contributed by atoms with Gasteiger partial charge in [-0.1, -0.05) is 12.1 Å². The molecular formula is C21H30FN3O3. The summed E-state index contributed by atoms with van der Waals surface area (Å²) in [5, 5.41) is 6.54. The molecule has 0 aliphatic carbocycles. The lowest BCUT2D eigenvalue weighted by atomic mass is 9.70. The van der Waals surface area contributed by atoms with Crippen LogP contribution in [0.25, 0.3) is 0 Å². The molecule has 3 heterocycles. The van der Waals surface area contributed by atoms with E-state index in [4.69, 9.17) is 9.47 Å². The van der Waals surface area contributed by atoms with Gasteiger partial charge in [-0.25, -0.2) is 4.39 Å². The van der Waals surface area contributed by atoms with Crippen molar-refractivity contribution >= 4 is 5.91 Å². The molecule has 1 amide bonds. The molecule has 1 spiro atoms. The predicted molar refractivity (Wildman–Crippen MR) is 103 cm³/mol. The average Bonchev–Trinajstić information content (AvgIpc) is 3.18. The van der Waals surface area contributed by atoms with Crippen molar-refractivity contribution in [2.45, 2.75) is 18.9 Å². The lowest BCUT2D eigenvalue weighted by Crippen LogP contribution is -2.53. The van der Waals surface area contributed by atoms with Crippen molar-refractivity contribution in [3.63, 3.8) is 0 Å². The third kappa shape index (κ3) is 4.22. The number of nitrogens with one attached hydrogen (secondary N) is 2. The Morgan fingerprint density at radius 3 is 2.89 bits per heavy atom. The van der Waals surface area contributed by atoms with Crippen molar-refractivity contribution < 1.29 is 18.7 Å². The fraction of sp³-hybridized carbons (Fsp3) is 0.667. The molecule has 1 aromatic rings. The van der Waals surface area contributed by atoms with Crippen LogP contribution in [0.3, 0.4) is 0 Å². The molecule has 7 heteroatoms. The van der Waals surface area contributed by atoms with Crippen LogP contribution in [0.4, 0.5) is 4.39 Å². The zero-order chi connectivity index (χ0) is 19.4. The highest BCUT2D eigenvalue weighted by Gasteiger charge is 2.47. The number of benzene rings is 1. The molecule has 3 fully saturated rings. The first-order valence-electron chi connectivity index (χ1n) is 10.3. The van der Waals surface area contributed by atoms with Gasteiger partial charge in [-0.15, -0.1) is 0 Å². The minimum Gasteiger partial charge on any atom is -0.381 e. The van der Waals surface area contributed by atoms with Gasteiger partial charge in [-0.05, 0) is 37.1 Å². The van der Waals surface area contributed by atoms with E-state index in [0.717, 1.165) is 44.6 Å². The molecule has 0 bridgehead atoms. The third-order valence-corrected chi connectivity index (χ3v) is 6.53. The molecule has 28 heavy (non-hydrogen) atoms. The highest BCUT2D eigenvalue weighted by Crippen LogP contribution is 2.41. The fourth-order valence-electron chi connectivity index (χ4n) is 4.82. The van der Waals surface area contributed by atoms with Gasteiger partial charge in [0.1, 0.15) is 5.82 Å². The second-order valence-electron chi connectivity index (χ2n) is 8.14. The molecule has 3 atom stereocenters. The zero-order valence-corrected chi connectivity index (χ0v) is 16.3. The van der Waals surface area contributed by atoms with E-state index in [9.17, 15) is 9.18 Å². The summed E-state index contributed by atoms with van der Waals surface area (Å²) in [4.78, 5) is 15.4. The zero-order valence-electron chi connectivity index (χ0n) is 16.3. The smallest absolute Gasteiger partial charge is 0.225 e. The molecule has 6 nitrogen and oxygen atoms in total. The number of nitrogens with zero attached hydrogens (tertiary/aromatic N) is 1. The Morgan fingerprint density at radius 1 is 1.29 bits per heavy atom. The van der Waals surface area contributed by atoms with Gasteiger partial charge in [0.2, 0.25) is 5.91 Å². The summed E-state index contributed by atoms with van der Waals surface area (Å²) in [6.45, 7) is 6.38. The van der Waals surface area contributed by atoms with Crippen molar-refractivity contribution in [3.8, 4) is 0 Å². The van der Waals surface area contributed by atoms with Crippen LogP contribution in [0.2, 0.25) is 0 Å². The normalized spacial score (nSPS) is 29.7. The minimum atomic E-state index is -0.249. The molecule has 154 valence electrons. The van der Waals surface area contributed by atoms with Crippen LogP contribution in [0.15, 0.2) is 24.3 Å². The van der Waals surface area contributed by atoms with E-state index in [1.165, 1.54) is 6.07 Å². The number of morpholine rings is 1. The molecule has 3 aliphatic heterocycles. The molecule has 0 aromatic heterocycles. The lowest BCUT2D eigenvalue weighted by molar-refractivity contribution is -0.131. The maximum Gasteiger partial charge on any atom is 0.225 e. The summed E-state index contributed by atoms with van der Waals surface area (Å²) in [5.74, 6) is -0.255. The van der Waals surface area contributed by atoms with Crippen LogP contribution >= 0.6 is 0 Å². The van der Waals surface area contributed by atoms with Crippen LogP contribution in [0.5, 0.6) is 0 Å². The van der Waals surface area contributed by atoms with Crippen molar-refractivity contribution in [2.75, 3.05) is 59.2 Å². The van der Waals surface area contributed by atoms with E-state index < -0.39 is 0 Å². The Kier molecular flexibility index (Phi) is 6.25. The van der Waals surface area contributed by atoms with Crippen LogP contribution in [0, 0.1) is 17.2 Å². The first-order chi connectivity index (χ1) is 13.7. The summed E-state index contributed by atoms with van der Waals surface area (Å²) < 4.78 is 25.0. The molecule has 2 N–H and O–H groups in total. The molecule has 3 unspecified atom stereocenters. The van der Waals surface area contributed by atoms with Crippen LogP contribution in [-0.2, 0) is 14.3 Å². The maximum absolute atomic E-state index is 13.8. The van der Waals surface area contributed by atoms with Crippen molar-refractivity contribution in [1.82, 2.24) is 15.5 Å². The van der Waals surface area contributed by atoms with Crippen LogP contribution in [-0.4, -0.2) is 70.0 Å². The Morgan fingerprint density at radius 2 is 2.14 bits per heavy atom. The highest BCUT2D eigenvalue weighted by molar-refractivity contribution is 5.80. The number of ether oxygens (including phenoxy) is 2. The maximum atomic E-state index is 13.8. The van der Waals surface area contributed by atoms with Gasteiger partial charge in [0.25, 0.3) is 0 Å². The molecule has 0 saturated carbocycles. The second kappa shape index (κ2) is 8.86. The van der Waals surface area contributed by atoms with Gasteiger partial charge >= 0.3 is 0 Å². The number of piperidine rings is 1. The van der Waals surface area contributed by atoms with E-state index >= 15 is 0 Å². The molecule has 0 radical (unpaired) electrons. The number of rotatable bonds is 5. The SMILES string of the molecule is O=C(NCC(c1cccc(F)c1)N1CCOCC1)C1CNCCC12CCOC2. The number of hydrogen-bond acceptors (Lipinski definition) is 5. The first kappa shape index (κ1) is 19.8. The molecule has 3 aliphatic rings. The molecule has 4 rings (SSSR count). The Bertz CT molecular complexity index is 675. The minimum absolute atomic E-state index is 0.0390. The molecule has 3 saturated heterocycles. The van der Waals surface area contributed by atoms with E-state index in [1.807, 2.05) is 6.07 Å². The number of carbonyl (C=O) groups excluding carboxylic acids is 1. The van der Waals surface area contributed by atoms with Crippen molar-refractivity contribution in [3.05, 3.63) is 35.6 Å². The van der Waals surface area contributed by atoms with Gasteiger partial charge in [-0.3, -0.25) is 9.69 Å². The topological polar surface area (TPSA) is 62.8 Å².